The molecule has 0 bridgehead atoms. The van der Waals surface area contributed by atoms with Gasteiger partial charge in [0.15, 0.2) is 11.6 Å². The van der Waals surface area contributed by atoms with Crippen molar-refractivity contribution in [2.45, 2.75) is 52.5 Å². The van der Waals surface area contributed by atoms with Crippen LogP contribution in [-0.2, 0) is 19.4 Å². The van der Waals surface area contributed by atoms with Gasteiger partial charge in [0.2, 0.25) is 0 Å². The second-order valence-electron chi connectivity index (χ2n) is 7.32. The molecule has 4 aromatic rings. The summed E-state index contributed by atoms with van der Waals surface area (Å²) < 4.78 is 2.06. The minimum atomic E-state index is 0.628. The minimum Gasteiger partial charge on any atom is -0.264 e. The van der Waals surface area contributed by atoms with Crippen LogP contribution in [0.25, 0.3) is 22.5 Å². The van der Waals surface area contributed by atoms with E-state index in [-0.39, 0.29) is 0 Å². The van der Waals surface area contributed by atoms with E-state index in [0.717, 1.165) is 67.0 Å². The van der Waals surface area contributed by atoms with Crippen molar-refractivity contribution in [2.75, 3.05) is 0 Å². The first-order valence-corrected chi connectivity index (χ1v) is 10.5. The van der Waals surface area contributed by atoms with Crippen molar-refractivity contribution in [3.05, 3.63) is 59.9 Å². The van der Waals surface area contributed by atoms with E-state index in [0.29, 0.717) is 5.82 Å². The molecule has 8 heteroatoms. The van der Waals surface area contributed by atoms with Gasteiger partial charge in [-0.15, -0.1) is 5.10 Å². The summed E-state index contributed by atoms with van der Waals surface area (Å²) in [5.74, 6) is 2.65. The molecule has 0 unspecified atom stereocenters. The van der Waals surface area contributed by atoms with E-state index in [2.05, 4.69) is 68.4 Å². The third-order valence-corrected chi connectivity index (χ3v) is 5.04. The van der Waals surface area contributed by atoms with Crippen molar-refractivity contribution < 1.29 is 0 Å². The lowest BCUT2D eigenvalue weighted by atomic mass is 10.0. The molecule has 3 heterocycles. The van der Waals surface area contributed by atoms with Gasteiger partial charge in [-0.2, -0.15) is 5.10 Å². The maximum Gasteiger partial charge on any atom is 0.180 e. The fourth-order valence-electron chi connectivity index (χ4n) is 3.47. The van der Waals surface area contributed by atoms with Crippen LogP contribution in [0.15, 0.2) is 42.7 Å². The molecule has 0 spiro atoms. The summed E-state index contributed by atoms with van der Waals surface area (Å²) in [6.07, 6.45) is 8.81. The number of benzene rings is 1. The number of unbranched alkanes of at least 4 members (excludes halogenated alkanes) is 1. The smallest absolute Gasteiger partial charge is 0.180 e. The molecule has 1 aromatic carbocycles. The van der Waals surface area contributed by atoms with Crippen molar-refractivity contribution in [1.82, 2.24) is 40.4 Å². The molecule has 154 valence electrons. The van der Waals surface area contributed by atoms with Crippen molar-refractivity contribution in [3.8, 4) is 22.5 Å². The highest BCUT2D eigenvalue weighted by Gasteiger charge is 2.12. The summed E-state index contributed by atoms with van der Waals surface area (Å²) in [5.41, 5.74) is 4.16. The van der Waals surface area contributed by atoms with E-state index in [1.54, 1.807) is 6.20 Å². The summed E-state index contributed by atoms with van der Waals surface area (Å²) in [6.45, 7) is 5.09. The van der Waals surface area contributed by atoms with Crippen LogP contribution in [-0.4, -0.2) is 40.4 Å². The maximum absolute atomic E-state index is 4.76. The number of rotatable bonds is 9. The first-order chi connectivity index (χ1) is 14.8. The van der Waals surface area contributed by atoms with Crippen LogP contribution in [0.3, 0.4) is 0 Å². The highest BCUT2D eigenvalue weighted by atomic mass is 15.5. The summed E-state index contributed by atoms with van der Waals surface area (Å²) in [5, 5.41) is 19.0. The van der Waals surface area contributed by atoms with E-state index in [1.165, 1.54) is 5.56 Å². The molecule has 0 saturated carbocycles. The lowest BCUT2D eigenvalue weighted by Crippen LogP contribution is -2.07. The maximum atomic E-state index is 4.76. The zero-order valence-corrected chi connectivity index (χ0v) is 17.4. The first kappa shape index (κ1) is 19.9. The molecule has 8 nitrogen and oxygen atoms in total. The number of nitrogens with one attached hydrogen (secondary N) is 1. The fourth-order valence-corrected chi connectivity index (χ4v) is 3.47. The molecule has 0 amide bonds. The largest absolute Gasteiger partial charge is 0.264 e. The van der Waals surface area contributed by atoms with Gasteiger partial charge in [0.25, 0.3) is 0 Å². The molecule has 0 fully saturated rings. The van der Waals surface area contributed by atoms with Crippen molar-refractivity contribution in [3.63, 3.8) is 0 Å². The Morgan fingerprint density at radius 3 is 2.57 bits per heavy atom. The molecule has 0 aliphatic heterocycles. The van der Waals surface area contributed by atoms with E-state index in [4.69, 9.17) is 10.1 Å². The number of nitrogens with zero attached hydrogens (tertiary/aromatic N) is 7. The summed E-state index contributed by atoms with van der Waals surface area (Å²) in [6, 6.07) is 10.4. The molecule has 0 radical (unpaired) electrons. The predicted octanol–water partition coefficient (Wildman–Crippen LogP) is 3.86. The fraction of sp³-hybridized carbons (Fsp3) is 0.364. The summed E-state index contributed by atoms with van der Waals surface area (Å²) in [4.78, 5) is 9.04. The average molecular weight is 403 g/mol. The number of pyridine rings is 1. The van der Waals surface area contributed by atoms with Crippen LogP contribution in [0.4, 0.5) is 0 Å². The Morgan fingerprint density at radius 1 is 0.967 bits per heavy atom. The van der Waals surface area contributed by atoms with Gasteiger partial charge < -0.3 is 0 Å². The highest BCUT2D eigenvalue weighted by Crippen LogP contribution is 2.29. The second kappa shape index (κ2) is 9.39. The van der Waals surface area contributed by atoms with Crippen molar-refractivity contribution >= 4 is 0 Å². The number of aromatic amines is 1. The molecule has 1 N–H and O–H groups in total. The Morgan fingerprint density at radius 2 is 1.83 bits per heavy atom. The van der Waals surface area contributed by atoms with E-state index >= 15 is 0 Å². The second-order valence-corrected chi connectivity index (χ2v) is 7.32. The van der Waals surface area contributed by atoms with Crippen LogP contribution in [0.1, 0.15) is 50.3 Å². The summed E-state index contributed by atoms with van der Waals surface area (Å²) >= 11 is 0. The van der Waals surface area contributed by atoms with E-state index in [9.17, 15) is 0 Å². The number of hydrogen-bond donors (Lipinski definition) is 1. The van der Waals surface area contributed by atoms with Gasteiger partial charge in [-0.1, -0.05) is 44.5 Å². The molecule has 30 heavy (non-hydrogen) atoms. The third kappa shape index (κ3) is 4.42. The Kier molecular flexibility index (Phi) is 6.22. The average Bonchev–Trinajstić information content (AvgIpc) is 3.44. The lowest BCUT2D eigenvalue weighted by molar-refractivity contribution is 0.613. The van der Waals surface area contributed by atoms with Gasteiger partial charge in [0, 0.05) is 36.4 Å². The Hall–Kier alpha value is -3.42. The molecular formula is C22H26N8. The number of aryl methyl sites for hydroxylation is 2. The molecule has 0 aliphatic carbocycles. The van der Waals surface area contributed by atoms with Crippen LogP contribution >= 0.6 is 0 Å². The van der Waals surface area contributed by atoms with Crippen molar-refractivity contribution in [1.29, 1.82) is 0 Å². The number of aromatic nitrogens is 8. The Balaban J connectivity index is 1.57. The van der Waals surface area contributed by atoms with Gasteiger partial charge >= 0.3 is 0 Å². The quantitative estimate of drug-likeness (QED) is 0.456. The molecule has 0 atom stereocenters. The molecular weight excluding hydrogens is 376 g/mol. The lowest BCUT2D eigenvalue weighted by Gasteiger charge is -2.09. The van der Waals surface area contributed by atoms with Crippen molar-refractivity contribution in [2.24, 2.45) is 0 Å². The van der Waals surface area contributed by atoms with Gasteiger partial charge in [-0.25, -0.2) is 14.8 Å². The van der Waals surface area contributed by atoms with Gasteiger partial charge in [-0.05, 0) is 40.5 Å². The Bertz CT molecular complexity index is 1070. The SMILES string of the molecule is CCCCc1nc(CCC)nn1Cc1ccc(-c2cnccc2-c2nnn[nH]2)cc1. The Labute approximate surface area is 175 Å². The van der Waals surface area contributed by atoms with E-state index < -0.39 is 0 Å². The molecule has 0 aliphatic rings. The first-order valence-electron chi connectivity index (χ1n) is 10.5. The van der Waals surface area contributed by atoms with Gasteiger partial charge in [-0.3, -0.25) is 4.98 Å². The predicted molar refractivity (Wildman–Crippen MR) is 115 cm³/mol. The number of H-pyrrole nitrogens is 1. The normalized spacial score (nSPS) is 11.1. The monoisotopic (exact) mass is 402 g/mol. The summed E-state index contributed by atoms with van der Waals surface area (Å²) in [7, 11) is 0. The van der Waals surface area contributed by atoms with Crippen LogP contribution in [0.5, 0.6) is 0 Å². The number of tetrazole rings is 1. The molecule has 3 aromatic heterocycles. The zero-order chi connectivity index (χ0) is 20.8. The number of hydrogen-bond acceptors (Lipinski definition) is 6. The van der Waals surface area contributed by atoms with Crippen LogP contribution in [0, 0.1) is 0 Å². The zero-order valence-electron chi connectivity index (χ0n) is 17.4. The van der Waals surface area contributed by atoms with Crippen LogP contribution in [0.2, 0.25) is 0 Å². The van der Waals surface area contributed by atoms with Gasteiger partial charge in [0.05, 0.1) is 6.54 Å². The minimum absolute atomic E-state index is 0.628. The van der Waals surface area contributed by atoms with Gasteiger partial charge in [0.1, 0.15) is 5.82 Å². The third-order valence-electron chi connectivity index (χ3n) is 5.04. The highest BCUT2D eigenvalue weighted by molar-refractivity contribution is 5.79. The standard InChI is InChI=1S/C22H26N8/c1-3-5-7-21-24-20(6-4-2)27-30(21)15-16-8-10-17(11-9-16)19-14-23-13-12-18(19)22-25-28-29-26-22/h8-14H,3-7,15H2,1-2H3,(H,25,26,28,29). The van der Waals surface area contributed by atoms with E-state index in [1.807, 2.05) is 12.3 Å². The molecule has 0 saturated heterocycles. The topological polar surface area (TPSA) is 98.1 Å². The molecule has 4 rings (SSSR count). The van der Waals surface area contributed by atoms with Crippen LogP contribution < -0.4 is 0 Å².